The summed E-state index contributed by atoms with van der Waals surface area (Å²) in [6, 6.07) is 8.00. The molecule has 0 atom stereocenters. The van der Waals surface area contributed by atoms with Crippen molar-refractivity contribution in [1.82, 2.24) is 5.32 Å². The van der Waals surface area contributed by atoms with Crippen molar-refractivity contribution in [3.05, 3.63) is 36.6 Å². The van der Waals surface area contributed by atoms with E-state index < -0.39 is 0 Å². The van der Waals surface area contributed by atoms with Crippen molar-refractivity contribution in [1.29, 1.82) is 0 Å². The highest BCUT2D eigenvalue weighted by Crippen LogP contribution is 2.20. The fraction of sp³-hybridized carbons (Fsp3) is 0.125. The summed E-state index contributed by atoms with van der Waals surface area (Å²) in [6.07, 6.45) is 0. The first kappa shape index (κ1) is 5.74. The first-order valence-corrected chi connectivity index (χ1v) is 3.26. The molecule has 10 heavy (non-hydrogen) atoms. The van der Waals surface area contributed by atoms with Crippen LogP contribution in [0.15, 0.2) is 24.3 Å². The highest BCUT2D eigenvalue weighted by atomic mass is 16.5. The second-order valence-electron chi connectivity index (χ2n) is 2.22. The van der Waals surface area contributed by atoms with E-state index in [1.807, 2.05) is 18.2 Å². The molecule has 1 heterocycles. The van der Waals surface area contributed by atoms with Crippen LogP contribution in [0.1, 0.15) is 5.56 Å². The molecule has 0 bridgehead atoms. The normalized spacial score (nSPS) is 15.6. The molecule has 0 fully saturated rings. The lowest BCUT2D eigenvalue weighted by molar-refractivity contribution is 0.338. The topological polar surface area (TPSA) is 21.3 Å². The lowest BCUT2D eigenvalue weighted by atomic mass is 10.2. The van der Waals surface area contributed by atoms with Crippen LogP contribution in [-0.2, 0) is 6.54 Å². The lowest BCUT2D eigenvalue weighted by Gasteiger charge is -2.16. The van der Waals surface area contributed by atoms with Crippen LogP contribution in [0.4, 0.5) is 0 Å². The van der Waals surface area contributed by atoms with Gasteiger partial charge in [0.05, 0.1) is 0 Å². The Morgan fingerprint density at radius 1 is 1.30 bits per heavy atom. The van der Waals surface area contributed by atoms with Gasteiger partial charge in [0.25, 0.3) is 0 Å². The van der Waals surface area contributed by atoms with Crippen molar-refractivity contribution in [2.75, 3.05) is 0 Å². The SMILES string of the molecule is [CH]1NCc2ccccc2O1. The van der Waals surface area contributed by atoms with Crippen LogP contribution in [0.3, 0.4) is 0 Å². The molecule has 0 aromatic heterocycles. The first-order valence-electron chi connectivity index (χ1n) is 3.26. The Labute approximate surface area is 59.8 Å². The summed E-state index contributed by atoms with van der Waals surface area (Å²) < 4.78 is 5.19. The molecule has 1 aliphatic rings. The summed E-state index contributed by atoms with van der Waals surface area (Å²) in [4.78, 5) is 0. The van der Waals surface area contributed by atoms with Gasteiger partial charge in [-0.1, -0.05) is 18.2 Å². The van der Waals surface area contributed by atoms with Gasteiger partial charge in [-0.3, -0.25) is 5.32 Å². The molecule has 1 N–H and O–H groups in total. The highest BCUT2D eigenvalue weighted by Gasteiger charge is 2.06. The van der Waals surface area contributed by atoms with E-state index in [0.717, 1.165) is 12.3 Å². The standard InChI is InChI=1S/C8H8NO/c1-2-4-8-7(3-1)5-9-6-10-8/h1-4,6,9H,5H2. The third-order valence-corrected chi connectivity index (χ3v) is 1.53. The van der Waals surface area contributed by atoms with Gasteiger partial charge in [0.15, 0.2) is 0 Å². The van der Waals surface area contributed by atoms with Crippen molar-refractivity contribution < 1.29 is 4.74 Å². The minimum atomic E-state index is 0.871. The molecule has 2 nitrogen and oxygen atoms in total. The van der Waals surface area contributed by atoms with Gasteiger partial charge in [-0.25, -0.2) is 0 Å². The van der Waals surface area contributed by atoms with Crippen molar-refractivity contribution in [3.63, 3.8) is 0 Å². The fourth-order valence-electron chi connectivity index (χ4n) is 1.02. The minimum absolute atomic E-state index is 0.871. The van der Waals surface area contributed by atoms with Gasteiger partial charge in [0.1, 0.15) is 5.75 Å². The Kier molecular flexibility index (Phi) is 1.32. The van der Waals surface area contributed by atoms with E-state index in [4.69, 9.17) is 4.74 Å². The van der Waals surface area contributed by atoms with Crippen LogP contribution in [0, 0.1) is 6.73 Å². The Morgan fingerprint density at radius 3 is 3.10 bits per heavy atom. The largest absolute Gasteiger partial charge is 0.469 e. The average Bonchev–Trinajstić information content (AvgIpc) is 2.05. The van der Waals surface area contributed by atoms with E-state index in [1.54, 1.807) is 6.73 Å². The molecule has 0 saturated heterocycles. The smallest absolute Gasteiger partial charge is 0.201 e. The van der Waals surface area contributed by atoms with Gasteiger partial charge in [-0.15, -0.1) is 0 Å². The van der Waals surface area contributed by atoms with Crippen molar-refractivity contribution in [2.45, 2.75) is 6.54 Å². The van der Waals surface area contributed by atoms with Crippen molar-refractivity contribution in [2.24, 2.45) is 0 Å². The zero-order valence-electron chi connectivity index (χ0n) is 5.50. The van der Waals surface area contributed by atoms with Gasteiger partial charge in [0, 0.05) is 12.1 Å². The van der Waals surface area contributed by atoms with Gasteiger partial charge in [0.2, 0.25) is 6.73 Å². The summed E-state index contributed by atoms with van der Waals surface area (Å²) in [5.74, 6) is 0.959. The van der Waals surface area contributed by atoms with E-state index in [9.17, 15) is 0 Å². The molecule has 1 radical (unpaired) electrons. The first-order chi connectivity index (χ1) is 4.97. The molecule has 1 aromatic carbocycles. The molecule has 51 valence electrons. The summed E-state index contributed by atoms with van der Waals surface area (Å²) in [5, 5.41) is 2.99. The molecule has 0 amide bonds. The molecule has 2 heteroatoms. The quantitative estimate of drug-likeness (QED) is 0.577. The maximum absolute atomic E-state index is 5.19. The molecular formula is C8H8NO. The van der Waals surface area contributed by atoms with Crippen molar-refractivity contribution >= 4 is 0 Å². The summed E-state index contributed by atoms with van der Waals surface area (Å²) in [6.45, 7) is 2.48. The maximum Gasteiger partial charge on any atom is 0.201 e. The molecule has 2 rings (SSSR count). The van der Waals surface area contributed by atoms with Crippen LogP contribution in [0.25, 0.3) is 0 Å². The van der Waals surface area contributed by atoms with E-state index in [0.29, 0.717) is 0 Å². The number of hydrogen-bond acceptors (Lipinski definition) is 2. The number of hydrogen-bond donors (Lipinski definition) is 1. The average molecular weight is 134 g/mol. The summed E-state index contributed by atoms with van der Waals surface area (Å²) >= 11 is 0. The van der Waals surface area contributed by atoms with E-state index in [2.05, 4.69) is 11.4 Å². The molecule has 0 aliphatic carbocycles. The predicted octanol–water partition coefficient (Wildman–Crippen LogP) is 1.29. The van der Waals surface area contributed by atoms with Crippen molar-refractivity contribution in [3.8, 4) is 5.75 Å². The van der Waals surface area contributed by atoms with Crippen LogP contribution in [-0.4, -0.2) is 0 Å². The maximum atomic E-state index is 5.19. The van der Waals surface area contributed by atoms with Crippen LogP contribution < -0.4 is 10.1 Å². The fourth-order valence-corrected chi connectivity index (χ4v) is 1.02. The highest BCUT2D eigenvalue weighted by molar-refractivity contribution is 5.34. The number of ether oxygens (including phenoxy) is 1. The Balaban J connectivity index is 2.41. The molecule has 0 spiro atoms. The Hall–Kier alpha value is -1.02. The molecule has 1 aliphatic heterocycles. The van der Waals surface area contributed by atoms with Gasteiger partial charge >= 0.3 is 0 Å². The second-order valence-corrected chi connectivity index (χ2v) is 2.22. The minimum Gasteiger partial charge on any atom is -0.469 e. The van der Waals surface area contributed by atoms with Crippen LogP contribution in [0.2, 0.25) is 0 Å². The van der Waals surface area contributed by atoms with Crippen LogP contribution >= 0.6 is 0 Å². The van der Waals surface area contributed by atoms with Crippen LogP contribution in [0.5, 0.6) is 5.75 Å². The van der Waals surface area contributed by atoms with Gasteiger partial charge < -0.3 is 4.74 Å². The van der Waals surface area contributed by atoms with E-state index in [1.165, 1.54) is 5.56 Å². The Bertz CT molecular complexity index is 209. The lowest BCUT2D eigenvalue weighted by Crippen LogP contribution is -2.19. The number of rotatable bonds is 0. The number of benzene rings is 1. The van der Waals surface area contributed by atoms with Gasteiger partial charge in [-0.05, 0) is 6.07 Å². The molecule has 0 unspecified atom stereocenters. The summed E-state index contributed by atoms with van der Waals surface area (Å²) in [7, 11) is 0. The van der Waals surface area contributed by atoms with Gasteiger partial charge in [-0.2, -0.15) is 0 Å². The monoisotopic (exact) mass is 134 g/mol. The number of para-hydroxylation sites is 1. The Morgan fingerprint density at radius 2 is 2.20 bits per heavy atom. The zero-order valence-corrected chi connectivity index (χ0v) is 5.50. The zero-order chi connectivity index (χ0) is 6.81. The molecule has 1 aromatic rings. The predicted molar refractivity (Wildman–Crippen MR) is 38.2 cm³/mol. The number of nitrogens with one attached hydrogen (secondary N) is 1. The third kappa shape index (κ3) is 0.866. The third-order valence-electron chi connectivity index (χ3n) is 1.53. The number of fused-ring (bicyclic) bond motifs is 1. The molecule has 0 saturated carbocycles. The summed E-state index contributed by atoms with van der Waals surface area (Å²) in [5.41, 5.74) is 1.21. The second kappa shape index (κ2) is 2.31. The molecular weight excluding hydrogens is 126 g/mol. The van der Waals surface area contributed by atoms with E-state index in [-0.39, 0.29) is 0 Å². The van der Waals surface area contributed by atoms with E-state index >= 15 is 0 Å².